The van der Waals surface area contributed by atoms with Gasteiger partial charge < -0.3 is 153 Å². The first-order chi connectivity index (χ1) is 36.5. The van der Waals surface area contributed by atoms with Crippen molar-refractivity contribution in [3.8, 4) is 0 Å². The van der Waals surface area contributed by atoms with Crippen LogP contribution in [0.25, 0.3) is 0 Å². The summed E-state index contributed by atoms with van der Waals surface area (Å²) in [6, 6.07) is 0. The van der Waals surface area contributed by atoms with Gasteiger partial charge in [-0.1, -0.05) is 25.7 Å². The Morgan fingerprint density at radius 1 is 0.182 bits per heavy atom. The fourth-order valence-corrected chi connectivity index (χ4v) is 4.29. The van der Waals surface area contributed by atoms with Crippen molar-refractivity contribution in [2.24, 2.45) is 0 Å². The molecule has 0 aromatic carbocycles. The molecular formula is C44H110O30S3. The van der Waals surface area contributed by atoms with E-state index >= 15 is 0 Å². The lowest BCUT2D eigenvalue weighted by Gasteiger charge is -2.02. The summed E-state index contributed by atoms with van der Waals surface area (Å²) in [5, 5.41) is 240. The molecule has 30 nitrogen and oxygen atoms in total. The second-order valence-electron chi connectivity index (χ2n) is 14.6. The molecule has 33 heteroatoms. The summed E-state index contributed by atoms with van der Waals surface area (Å²) in [7, 11) is 0. The van der Waals surface area contributed by atoms with Crippen molar-refractivity contribution in [3.63, 3.8) is 0 Å². The molecule has 0 bridgehead atoms. The van der Waals surface area contributed by atoms with Crippen LogP contribution in [0, 0.1) is 0 Å². The number of rotatable bonds is 34. The van der Waals surface area contributed by atoms with Crippen LogP contribution in [-0.2, 0) is 0 Å². The molecule has 0 unspecified atom stereocenters. The zero-order valence-corrected chi connectivity index (χ0v) is 47.5. The molecule has 484 valence electrons. The molecule has 0 spiro atoms. The van der Waals surface area contributed by atoms with Gasteiger partial charge in [-0.15, -0.1) is 0 Å². The highest BCUT2D eigenvalue weighted by Crippen LogP contribution is 2.12. The second-order valence-corrected chi connectivity index (χ2v) is 17.8. The lowest BCUT2D eigenvalue weighted by Crippen LogP contribution is -2.15. The Kier molecular flexibility index (Phi) is 134. The van der Waals surface area contributed by atoms with E-state index in [-0.39, 0.29) is 132 Å². The van der Waals surface area contributed by atoms with Gasteiger partial charge in [0.25, 0.3) is 0 Å². The number of unbranched alkanes of at least 4 members (excludes halogenated alkanes) is 6. The lowest BCUT2D eigenvalue weighted by atomic mass is 10.2. The van der Waals surface area contributed by atoms with Gasteiger partial charge in [0, 0.05) is 0 Å². The van der Waals surface area contributed by atoms with Crippen molar-refractivity contribution < 1.29 is 153 Å². The van der Waals surface area contributed by atoms with Gasteiger partial charge in [-0.3, -0.25) is 0 Å². The first-order valence-corrected chi connectivity index (χ1v) is 28.0. The molecule has 0 aromatic heterocycles. The normalized spacial score (nSPS) is 10.2. The Labute approximate surface area is 467 Å². The third kappa shape index (κ3) is 143. The third-order valence-electron chi connectivity index (χ3n) is 6.99. The minimum absolute atomic E-state index is 0.365. The van der Waals surface area contributed by atoms with E-state index in [1.165, 1.54) is 74.4 Å². The first-order valence-electron chi connectivity index (χ1n) is 24.0. The highest BCUT2D eigenvalue weighted by atomic mass is 32.2. The third-order valence-corrected chi connectivity index (χ3v) is 9.54. The molecule has 0 atom stereocenters. The number of hydrogen-bond acceptors (Lipinski definition) is 33. The fourth-order valence-electron chi connectivity index (χ4n) is 2.29. The maximum Gasteiger partial charge on any atom is 0.100 e. The molecule has 0 aliphatic heterocycles. The Balaban J connectivity index is -0.0000000712. The fraction of sp³-hybridized carbons (Fsp3) is 1.00. The van der Waals surface area contributed by atoms with Crippen LogP contribution in [0.1, 0.15) is 51.4 Å². The zero-order chi connectivity index (χ0) is 62.5. The van der Waals surface area contributed by atoms with E-state index in [4.69, 9.17) is 153 Å². The van der Waals surface area contributed by atoms with Gasteiger partial charge in [0.05, 0.1) is 132 Å². The topological polar surface area (TPSA) is 607 Å². The van der Waals surface area contributed by atoms with E-state index in [1.54, 1.807) is 0 Å². The standard InChI is InChI=1S/C14H30S3.10C3H8O3/c1-15-11-7-3-5-9-13-17-14-10-6-4-8-12-16-2;10*4-1-3(6)2-5/h3-14H2,1-2H3;10*3-6H,1-2H2. The Morgan fingerprint density at radius 3 is 0.364 bits per heavy atom. The number of thioether (sulfide) groups is 3. The quantitative estimate of drug-likeness (QED) is 0.0266. The van der Waals surface area contributed by atoms with Crippen LogP contribution in [0.5, 0.6) is 0 Å². The number of aliphatic hydroxyl groups excluding tert-OH is 30. The van der Waals surface area contributed by atoms with Crippen LogP contribution in [0.4, 0.5) is 0 Å². The van der Waals surface area contributed by atoms with Crippen LogP contribution >= 0.6 is 35.3 Å². The zero-order valence-electron chi connectivity index (χ0n) is 45.0. The van der Waals surface area contributed by atoms with E-state index in [0.717, 1.165) is 0 Å². The molecule has 0 heterocycles. The average molecular weight is 1220 g/mol. The van der Waals surface area contributed by atoms with E-state index < -0.39 is 61.0 Å². The van der Waals surface area contributed by atoms with Crippen molar-refractivity contribution in [1.82, 2.24) is 0 Å². The lowest BCUT2D eigenvalue weighted by molar-refractivity contribution is 0.0450. The van der Waals surface area contributed by atoms with E-state index in [0.29, 0.717) is 0 Å². The van der Waals surface area contributed by atoms with Crippen LogP contribution in [0.2, 0.25) is 0 Å². The summed E-state index contributed by atoms with van der Waals surface area (Å²) in [4.78, 5) is 0. The van der Waals surface area contributed by atoms with Gasteiger partial charge in [0.2, 0.25) is 0 Å². The molecular weight excluding hydrogens is 1100 g/mol. The molecule has 0 saturated carbocycles. The summed E-state index contributed by atoms with van der Waals surface area (Å²) in [5.74, 6) is 5.49. The average Bonchev–Trinajstić information content (AvgIpc) is 3.49. The van der Waals surface area contributed by atoms with Crippen molar-refractivity contribution in [3.05, 3.63) is 0 Å². The summed E-state index contributed by atoms with van der Waals surface area (Å²) >= 11 is 6.13. The molecule has 0 saturated heterocycles. The van der Waals surface area contributed by atoms with E-state index in [1.807, 2.05) is 23.5 Å². The Morgan fingerprint density at radius 2 is 0.286 bits per heavy atom. The highest BCUT2D eigenvalue weighted by Gasteiger charge is 1.99. The van der Waals surface area contributed by atoms with E-state index in [2.05, 4.69) is 24.3 Å². The van der Waals surface area contributed by atoms with Gasteiger partial charge in [-0.05, 0) is 61.2 Å². The summed E-state index contributed by atoms with van der Waals surface area (Å²) in [5.41, 5.74) is 0. The van der Waals surface area contributed by atoms with Crippen molar-refractivity contribution in [1.29, 1.82) is 0 Å². The van der Waals surface area contributed by atoms with Crippen LogP contribution < -0.4 is 0 Å². The molecule has 0 fully saturated rings. The minimum atomic E-state index is -0.954. The largest absolute Gasteiger partial charge is 0.394 e. The van der Waals surface area contributed by atoms with Crippen molar-refractivity contribution >= 4 is 35.3 Å². The first kappa shape index (κ1) is 102. The van der Waals surface area contributed by atoms with Crippen molar-refractivity contribution in [2.45, 2.75) is 112 Å². The molecule has 0 aliphatic carbocycles. The van der Waals surface area contributed by atoms with Gasteiger partial charge >= 0.3 is 0 Å². The SMILES string of the molecule is CSCCCCCCSCCCCCCSC.OCC(O)CO.OCC(O)CO.OCC(O)CO.OCC(O)CO.OCC(O)CO.OCC(O)CO.OCC(O)CO.OCC(O)CO.OCC(O)CO.OCC(O)CO. The summed E-state index contributed by atoms with van der Waals surface area (Å²) in [6.45, 7) is -7.29. The maximum atomic E-state index is 8.17. The van der Waals surface area contributed by atoms with Gasteiger partial charge in [-0.2, -0.15) is 35.3 Å². The number of aliphatic hydroxyl groups is 30. The molecule has 0 amide bonds. The Hall–Kier alpha value is -0.150. The second kappa shape index (κ2) is 101. The van der Waals surface area contributed by atoms with Crippen LogP contribution in [0.3, 0.4) is 0 Å². The number of hydrogen-bond donors (Lipinski definition) is 30. The van der Waals surface area contributed by atoms with Gasteiger partial charge in [-0.25, -0.2) is 0 Å². The van der Waals surface area contributed by atoms with Crippen LogP contribution in [0.15, 0.2) is 0 Å². The predicted octanol–water partition coefficient (Wildman–Crippen LogP) is -11.1. The minimum Gasteiger partial charge on any atom is -0.394 e. The molecule has 0 radical (unpaired) electrons. The van der Waals surface area contributed by atoms with E-state index in [9.17, 15) is 0 Å². The summed E-state index contributed by atoms with van der Waals surface area (Å²) < 4.78 is 0. The Bertz CT molecular complexity index is 653. The molecule has 0 rings (SSSR count). The summed E-state index contributed by atoms with van der Waals surface area (Å²) in [6.07, 6.45) is 6.35. The molecule has 0 aliphatic rings. The van der Waals surface area contributed by atoms with Gasteiger partial charge in [0.15, 0.2) is 0 Å². The smallest absolute Gasteiger partial charge is 0.100 e. The monoisotopic (exact) mass is 1210 g/mol. The molecule has 30 N–H and O–H groups in total. The van der Waals surface area contributed by atoms with Crippen LogP contribution in [-0.4, -0.2) is 382 Å². The van der Waals surface area contributed by atoms with Gasteiger partial charge in [0.1, 0.15) is 61.0 Å². The maximum absolute atomic E-state index is 8.17. The molecule has 77 heavy (non-hydrogen) atoms. The molecule has 0 aromatic rings. The predicted molar refractivity (Wildman–Crippen MR) is 293 cm³/mol. The highest BCUT2D eigenvalue weighted by molar-refractivity contribution is 7.99. The van der Waals surface area contributed by atoms with Crippen molar-refractivity contribution in [2.75, 3.05) is 168 Å².